The summed E-state index contributed by atoms with van der Waals surface area (Å²) < 4.78 is 32.5. The van der Waals surface area contributed by atoms with Crippen LogP contribution in [0.1, 0.15) is 15.9 Å². The van der Waals surface area contributed by atoms with Gasteiger partial charge in [0.1, 0.15) is 10.6 Å². The Kier molecular flexibility index (Phi) is 4.75. The zero-order valence-electron chi connectivity index (χ0n) is 14.4. The molecule has 1 amide bonds. The van der Waals surface area contributed by atoms with Gasteiger partial charge in [0, 0.05) is 39.7 Å². The van der Waals surface area contributed by atoms with Crippen molar-refractivity contribution >= 4 is 38.2 Å². The number of fused-ring (bicyclic) bond motifs is 1. The molecule has 3 aromatic carbocycles. The number of nitro groups is 1. The predicted molar refractivity (Wildman–Crippen MR) is 101 cm³/mol. The summed E-state index contributed by atoms with van der Waals surface area (Å²) in [7, 11) is -4.55. The molecule has 0 aromatic heterocycles. The van der Waals surface area contributed by atoms with Crippen LogP contribution in [0.3, 0.4) is 0 Å². The van der Waals surface area contributed by atoms with Crippen molar-refractivity contribution in [1.82, 2.24) is 0 Å². The van der Waals surface area contributed by atoms with Crippen LogP contribution >= 0.6 is 0 Å². The number of nitrogens with one attached hydrogen (secondary N) is 1. The molecule has 0 spiro atoms. The fourth-order valence-corrected chi connectivity index (χ4v) is 3.54. The lowest BCUT2D eigenvalue weighted by atomic mass is 10.1. The lowest BCUT2D eigenvalue weighted by molar-refractivity contribution is -0.385. The average Bonchev–Trinajstić information content (AvgIpc) is 2.60. The van der Waals surface area contributed by atoms with E-state index in [2.05, 4.69) is 5.32 Å². The number of phenols is 1. The van der Waals surface area contributed by atoms with Crippen molar-refractivity contribution < 1.29 is 27.8 Å². The molecule has 0 bridgehead atoms. The van der Waals surface area contributed by atoms with Gasteiger partial charge in [-0.05, 0) is 31.2 Å². The number of benzene rings is 3. The van der Waals surface area contributed by atoms with E-state index in [4.69, 9.17) is 0 Å². The first-order chi connectivity index (χ1) is 13.1. The summed E-state index contributed by atoms with van der Waals surface area (Å²) in [6, 6.07) is 10.4. The van der Waals surface area contributed by atoms with Gasteiger partial charge in [-0.15, -0.1) is 0 Å². The van der Waals surface area contributed by atoms with Crippen molar-refractivity contribution in [3.63, 3.8) is 0 Å². The summed E-state index contributed by atoms with van der Waals surface area (Å²) in [5.74, 6) is -0.903. The van der Waals surface area contributed by atoms with Crippen molar-refractivity contribution in [2.75, 3.05) is 5.32 Å². The Morgan fingerprint density at radius 1 is 1.11 bits per heavy atom. The first-order valence-electron chi connectivity index (χ1n) is 7.87. The fourth-order valence-electron chi connectivity index (χ4n) is 2.84. The van der Waals surface area contributed by atoms with Crippen LogP contribution in [-0.2, 0) is 10.1 Å². The Labute approximate surface area is 159 Å². The molecule has 3 N–H and O–H groups in total. The molecular weight excluding hydrogens is 388 g/mol. The molecule has 144 valence electrons. The van der Waals surface area contributed by atoms with Crippen LogP contribution in [0.25, 0.3) is 10.8 Å². The first kappa shape index (κ1) is 19.3. The number of anilines is 1. The van der Waals surface area contributed by atoms with E-state index in [9.17, 15) is 33.0 Å². The number of amides is 1. The van der Waals surface area contributed by atoms with Gasteiger partial charge >= 0.3 is 0 Å². The number of hydrogen-bond acceptors (Lipinski definition) is 6. The van der Waals surface area contributed by atoms with Gasteiger partial charge in [0.25, 0.3) is 21.7 Å². The van der Waals surface area contributed by atoms with Crippen LogP contribution in [0, 0.1) is 17.0 Å². The van der Waals surface area contributed by atoms with E-state index >= 15 is 0 Å². The van der Waals surface area contributed by atoms with Crippen molar-refractivity contribution in [2.24, 2.45) is 0 Å². The van der Waals surface area contributed by atoms with Gasteiger partial charge < -0.3 is 10.4 Å². The van der Waals surface area contributed by atoms with Gasteiger partial charge in [0.2, 0.25) is 0 Å². The normalized spacial score (nSPS) is 11.4. The molecule has 0 unspecified atom stereocenters. The monoisotopic (exact) mass is 402 g/mol. The molecule has 0 aliphatic heterocycles. The minimum atomic E-state index is -4.55. The second-order valence-corrected chi connectivity index (χ2v) is 7.42. The molecule has 10 heteroatoms. The molecule has 0 radical (unpaired) electrons. The molecule has 28 heavy (non-hydrogen) atoms. The molecule has 9 nitrogen and oxygen atoms in total. The van der Waals surface area contributed by atoms with Crippen molar-refractivity contribution in [3.05, 3.63) is 69.8 Å². The number of carbonyl (C=O) groups is 1. The van der Waals surface area contributed by atoms with Crippen molar-refractivity contribution in [3.8, 4) is 5.75 Å². The minimum absolute atomic E-state index is 0.0279. The van der Waals surface area contributed by atoms with Gasteiger partial charge in [-0.25, -0.2) is 0 Å². The highest BCUT2D eigenvalue weighted by atomic mass is 32.2. The largest absolute Gasteiger partial charge is 0.507 e. The highest BCUT2D eigenvalue weighted by Crippen LogP contribution is 2.33. The van der Waals surface area contributed by atoms with E-state index in [0.29, 0.717) is 5.56 Å². The van der Waals surface area contributed by atoms with Crippen molar-refractivity contribution in [2.45, 2.75) is 11.8 Å². The second kappa shape index (κ2) is 6.91. The summed E-state index contributed by atoms with van der Waals surface area (Å²) in [5.41, 5.74) is 0.401. The lowest BCUT2D eigenvalue weighted by Gasteiger charge is -2.11. The summed E-state index contributed by atoms with van der Waals surface area (Å²) >= 11 is 0. The number of nitrogens with zero attached hydrogens (tertiary/aromatic N) is 1. The SMILES string of the molecule is Cc1cc(C(=O)Nc2cc(O)c3cccc(S(=O)(=O)O)c3c2)ccc1[N+](=O)[O-]. The maximum Gasteiger partial charge on any atom is 0.295 e. The Hall–Kier alpha value is -3.50. The lowest BCUT2D eigenvalue weighted by Crippen LogP contribution is -2.12. The molecule has 0 aliphatic rings. The van der Waals surface area contributed by atoms with Gasteiger partial charge in [-0.2, -0.15) is 8.42 Å². The van der Waals surface area contributed by atoms with E-state index in [1.54, 1.807) is 0 Å². The van der Waals surface area contributed by atoms with E-state index in [-0.39, 0.29) is 33.5 Å². The quantitative estimate of drug-likeness (QED) is 0.345. The summed E-state index contributed by atoms with van der Waals surface area (Å²) in [6.07, 6.45) is 0. The molecular formula is C18H14N2O7S. The van der Waals surface area contributed by atoms with Gasteiger partial charge in [0.15, 0.2) is 0 Å². The van der Waals surface area contributed by atoms with E-state index in [0.717, 1.165) is 0 Å². The maximum atomic E-state index is 12.4. The average molecular weight is 402 g/mol. The van der Waals surface area contributed by atoms with Crippen LogP contribution in [0.5, 0.6) is 5.75 Å². The van der Waals surface area contributed by atoms with E-state index < -0.39 is 25.8 Å². The maximum absolute atomic E-state index is 12.4. The first-order valence-corrected chi connectivity index (χ1v) is 9.31. The highest BCUT2D eigenvalue weighted by Gasteiger charge is 2.18. The standard InChI is InChI=1S/C18H14N2O7S/c1-10-7-11(5-6-15(10)20(23)24)18(22)19-12-8-14-13(16(21)9-12)3-2-4-17(14)28(25,26)27/h2-9,21H,1H3,(H,19,22)(H,25,26,27). The van der Waals surface area contributed by atoms with Crippen LogP contribution in [-0.4, -0.2) is 28.9 Å². The highest BCUT2D eigenvalue weighted by molar-refractivity contribution is 7.86. The number of aryl methyl sites for hydroxylation is 1. The molecule has 0 fully saturated rings. The third-order valence-corrected chi connectivity index (χ3v) is 5.04. The number of carbonyl (C=O) groups excluding carboxylic acids is 1. The molecule has 0 saturated heterocycles. The number of rotatable bonds is 4. The predicted octanol–water partition coefficient (Wildman–Crippen LogP) is 3.26. The van der Waals surface area contributed by atoms with Gasteiger partial charge in [-0.1, -0.05) is 12.1 Å². The zero-order valence-corrected chi connectivity index (χ0v) is 15.2. The van der Waals surface area contributed by atoms with Crippen LogP contribution < -0.4 is 5.32 Å². The van der Waals surface area contributed by atoms with E-state index in [1.165, 1.54) is 55.5 Å². The van der Waals surface area contributed by atoms with Crippen molar-refractivity contribution in [1.29, 1.82) is 0 Å². The molecule has 0 aliphatic carbocycles. The molecule has 3 rings (SSSR count). The number of phenolic OH excluding ortho intramolecular Hbond substituents is 1. The molecule has 0 heterocycles. The zero-order chi connectivity index (χ0) is 20.6. The minimum Gasteiger partial charge on any atom is -0.507 e. The van der Waals surface area contributed by atoms with Crippen LogP contribution in [0.4, 0.5) is 11.4 Å². The topological polar surface area (TPSA) is 147 Å². The molecule has 0 atom stereocenters. The Balaban J connectivity index is 2.02. The van der Waals surface area contributed by atoms with E-state index in [1.807, 2.05) is 0 Å². The number of hydrogen-bond donors (Lipinski definition) is 3. The van der Waals surface area contributed by atoms with Gasteiger partial charge in [0.05, 0.1) is 4.92 Å². The number of nitro benzene ring substituents is 1. The Morgan fingerprint density at radius 2 is 1.82 bits per heavy atom. The Bertz CT molecular complexity index is 1240. The summed E-state index contributed by atoms with van der Waals surface area (Å²) in [5, 5.41) is 23.7. The molecule has 3 aromatic rings. The van der Waals surface area contributed by atoms with Gasteiger partial charge in [-0.3, -0.25) is 19.5 Å². The number of aromatic hydroxyl groups is 1. The third kappa shape index (κ3) is 3.63. The Morgan fingerprint density at radius 3 is 2.43 bits per heavy atom. The summed E-state index contributed by atoms with van der Waals surface area (Å²) in [6.45, 7) is 1.50. The second-order valence-electron chi connectivity index (χ2n) is 6.03. The third-order valence-electron chi connectivity index (χ3n) is 4.13. The molecule has 0 saturated carbocycles. The summed E-state index contributed by atoms with van der Waals surface area (Å²) in [4.78, 5) is 22.3. The smallest absolute Gasteiger partial charge is 0.295 e. The van der Waals surface area contributed by atoms with Crippen LogP contribution in [0.15, 0.2) is 53.4 Å². The fraction of sp³-hybridized carbons (Fsp3) is 0.0556. The van der Waals surface area contributed by atoms with Crippen LogP contribution in [0.2, 0.25) is 0 Å².